The van der Waals surface area contributed by atoms with Crippen molar-refractivity contribution in [1.82, 2.24) is 0 Å². The average molecular weight is 451 g/mol. The summed E-state index contributed by atoms with van der Waals surface area (Å²) in [7, 11) is 8.22. The number of quaternary nitrogens is 2. The first kappa shape index (κ1) is 23.3. The molecule has 0 spiro atoms. The molecule has 2 aromatic rings. The van der Waals surface area contributed by atoms with Gasteiger partial charge in [0, 0.05) is 11.1 Å². The Morgan fingerprint density at radius 1 is 0.588 bits per heavy atom. The first-order valence-electron chi connectivity index (χ1n) is 11.4. The largest absolute Gasteiger partial charge is 0.314 e. The van der Waals surface area contributed by atoms with E-state index in [-0.39, 0.29) is 11.6 Å². The molecule has 0 amide bonds. The molecule has 0 bridgehead atoms. The lowest BCUT2D eigenvalue weighted by molar-refractivity contribution is -0.801. The lowest BCUT2D eigenvalue weighted by Gasteiger charge is -2.16. The summed E-state index contributed by atoms with van der Waals surface area (Å²) in [6.07, 6.45) is 19.0. The van der Waals surface area contributed by atoms with Gasteiger partial charge >= 0.3 is 0 Å². The van der Waals surface area contributed by atoms with Gasteiger partial charge in [-0.05, 0) is 80.6 Å². The number of benzene rings is 2. The van der Waals surface area contributed by atoms with E-state index in [1.165, 1.54) is 9.80 Å². The molecule has 4 rings (SSSR count). The van der Waals surface area contributed by atoms with Crippen LogP contribution in [0.5, 0.6) is 0 Å². The fraction of sp³-hybridized carbons (Fsp3) is 0.133. The maximum absolute atomic E-state index is 13.1. The summed E-state index contributed by atoms with van der Waals surface area (Å²) >= 11 is 0. The van der Waals surface area contributed by atoms with Crippen LogP contribution in [0.4, 0.5) is 0 Å². The zero-order chi connectivity index (χ0) is 24.2. The van der Waals surface area contributed by atoms with Gasteiger partial charge in [-0.25, -0.2) is 0 Å². The van der Waals surface area contributed by atoms with Gasteiger partial charge in [0.25, 0.3) is 0 Å². The Hall–Kier alpha value is -3.86. The summed E-state index contributed by atoms with van der Waals surface area (Å²) in [6, 6.07) is 12.0. The van der Waals surface area contributed by atoms with Crippen molar-refractivity contribution < 1.29 is 19.4 Å². The predicted octanol–water partition coefficient (Wildman–Crippen LogP) is -1.24. The average Bonchev–Trinajstić information content (AvgIpc) is 2.79. The summed E-state index contributed by atoms with van der Waals surface area (Å²) in [5.41, 5.74) is 2.82. The molecule has 0 saturated carbocycles. The molecule has 4 nitrogen and oxygen atoms in total. The van der Waals surface area contributed by atoms with Crippen molar-refractivity contribution in [2.24, 2.45) is 0 Å². The van der Waals surface area contributed by atoms with E-state index in [1.807, 2.05) is 60.7 Å². The Bertz CT molecular complexity index is 1410. The third-order valence-electron chi connectivity index (χ3n) is 5.70. The van der Waals surface area contributed by atoms with Crippen LogP contribution in [0.1, 0.15) is 11.1 Å². The van der Waals surface area contributed by atoms with Crippen molar-refractivity contribution in [3.05, 3.63) is 105 Å². The summed E-state index contributed by atoms with van der Waals surface area (Å²) < 4.78 is 0. The van der Waals surface area contributed by atoms with Crippen LogP contribution in [0.15, 0.2) is 73.1 Å². The Morgan fingerprint density at radius 3 is 1.38 bits per heavy atom. The monoisotopic (exact) mass is 450 g/mol. The normalized spacial score (nSPS) is 16.6. The molecule has 0 heterocycles. The molecule has 0 atom stereocenters. The van der Waals surface area contributed by atoms with Gasteiger partial charge in [-0.3, -0.25) is 9.59 Å². The summed E-state index contributed by atoms with van der Waals surface area (Å²) in [5, 5.41) is 3.68. The van der Waals surface area contributed by atoms with Crippen LogP contribution in [0.25, 0.3) is 35.5 Å². The molecule has 2 aliphatic carbocycles. The zero-order valence-corrected chi connectivity index (χ0v) is 20.1. The van der Waals surface area contributed by atoms with E-state index >= 15 is 0 Å². The standard InChI is InChI=1S/C30H28N2O2/c1-31(2)17-5-7-21-9-13-25-23(19-21)11-15-27(33)29(25)30-26-14-10-22(8-6-18-32(3)4)20-24(26)12-16-28(30)34/h5-20H,1-4H3/p+2. The Balaban J connectivity index is 1.92. The van der Waals surface area contributed by atoms with E-state index in [9.17, 15) is 9.59 Å². The van der Waals surface area contributed by atoms with Crippen LogP contribution >= 0.6 is 0 Å². The quantitative estimate of drug-likeness (QED) is 0.599. The number of fused-ring (bicyclic) bond motifs is 2. The maximum Gasteiger partial charge on any atom is 0.187 e. The number of ketones is 2. The van der Waals surface area contributed by atoms with Crippen molar-refractivity contribution in [2.45, 2.75) is 0 Å². The third kappa shape index (κ3) is 5.04. The highest BCUT2D eigenvalue weighted by molar-refractivity contribution is 6.49. The molecule has 170 valence electrons. The van der Waals surface area contributed by atoms with Crippen LogP contribution in [0.2, 0.25) is 0 Å². The maximum atomic E-state index is 13.1. The van der Waals surface area contributed by atoms with Gasteiger partial charge in [-0.15, -0.1) is 0 Å². The molecule has 0 aliphatic heterocycles. The second-order valence-corrected chi connectivity index (χ2v) is 9.04. The fourth-order valence-electron chi connectivity index (χ4n) is 4.08. The van der Waals surface area contributed by atoms with Gasteiger partial charge in [0.2, 0.25) is 0 Å². The van der Waals surface area contributed by atoms with E-state index in [2.05, 4.69) is 52.7 Å². The van der Waals surface area contributed by atoms with Crippen LogP contribution in [0, 0.1) is 0 Å². The van der Waals surface area contributed by atoms with Crippen LogP contribution in [-0.4, -0.2) is 39.8 Å². The number of allylic oxidation sites excluding steroid dienone is 4. The minimum Gasteiger partial charge on any atom is -0.314 e. The molecular weight excluding hydrogens is 420 g/mol. The van der Waals surface area contributed by atoms with Gasteiger partial charge in [0.05, 0.1) is 40.6 Å². The molecular formula is C30H30N2O2+2. The Labute approximate surface area is 199 Å². The summed E-state index contributed by atoms with van der Waals surface area (Å²) in [6.45, 7) is 0. The van der Waals surface area contributed by atoms with E-state index < -0.39 is 0 Å². The number of carbonyl (C=O) groups is 2. The summed E-state index contributed by atoms with van der Waals surface area (Å²) in [4.78, 5) is 28.6. The molecule has 2 N–H and O–H groups in total. The smallest absolute Gasteiger partial charge is 0.187 e. The Kier molecular flexibility index (Phi) is 6.82. The highest BCUT2D eigenvalue weighted by Crippen LogP contribution is 2.21. The molecule has 0 fully saturated rings. The molecule has 4 heteroatoms. The Morgan fingerprint density at radius 2 is 1.00 bits per heavy atom. The predicted molar refractivity (Wildman–Crippen MR) is 139 cm³/mol. The van der Waals surface area contributed by atoms with Crippen LogP contribution in [-0.2, 0) is 9.59 Å². The first-order chi connectivity index (χ1) is 16.3. The SMILES string of the molecule is C[NH+](C)C=CC=c1ccc2c(c1)C=CC(=O)C=2C1=c2ccc(=CC=C[NH+](C)C)cc2C=CC1=O. The number of rotatable bonds is 5. The fourth-order valence-corrected chi connectivity index (χ4v) is 4.08. The molecule has 0 unspecified atom stereocenters. The van der Waals surface area contributed by atoms with Crippen LogP contribution in [0.3, 0.4) is 0 Å². The minimum atomic E-state index is -0.141. The highest BCUT2D eigenvalue weighted by Gasteiger charge is 2.24. The second kappa shape index (κ2) is 9.96. The number of nitrogens with one attached hydrogen (secondary N) is 2. The molecule has 0 aromatic heterocycles. The lowest BCUT2D eigenvalue weighted by Crippen LogP contribution is -3.00. The number of hydrogen-bond acceptors (Lipinski definition) is 2. The van der Waals surface area contributed by atoms with E-state index in [4.69, 9.17) is 0 Å². The molecule has 34 heavy (non-hydrogen) atoms. The van der Waals surface area contributed by atoms with Crippen molar-refractivity contribution in [3.8, 4) is 0 Å². The second-order valence-electron chi connectivity index (χ2n) is 9.04. The van der Waals surface area contributed by atoms with Crippen molar-refractivity contribution >= 4 is 47.0 Å². The van der Waals surface area contributed by atoms with Gasteiger partial charge < -0.3 is 9.80 Å². The molecule has 0 radical (unpaired) electrons. The van der Waals surface area contributed by atoms with Gasteiger partial charge in [0.1, 0.15) is 0 Å². The first-order valence-corrected chi connectivity index (χ1v) is 11.4. The topological polar surface area (TPSA) is 43.0 Å². The lowest BCUT2D eigenvalue weighted by atomic mass is 9.85. The summed E-state index contributed by atoms with van der Waals surface area (Å²) in [5.74, 6) is -0.282. The van der Waals surface area contributed by atoms with Crippen molar-refractivity contribution in [1.29, 1.82) is 0 Å². The molecule has 2 aliphatic rings. The van der Waals surface area contributed by atoms with Gasteiger partial charge in [-0.2, -0.15) is 0 Å². The van der Waals surface area contributed by atoms with Crippen molar-refractivity contribution in [3.63, 3.8) is 0 Å². The van der Waals surface area contributed by atoms with Crippen molar-refractivity contribution in [2.75, 3.05) is 28.2 Å². The van der Waals surface area contributed by atoms with Gasteiger partial charge in [-0.1, -0.05) is 36.4 Å². The van der Waals surface area contributed by atoms with Crippen LogP contribution < -0.4 is 30.7 Å². The van der Waals surface area contributed by atoms with Gasteiger partial charge in [0.15, 0.2) is 11.6 Å². The highest BCUT2D eigenvalue weighted by atomic mass is 16.1. The molecule has 0 saturated heterocycles. The minimum absolute atomic E-state index is 0.141. The number of hydrogen-bond donors (Lipinski definition) is 2. The number of carbonyl (C=O) groups excluding carboxylic acids is 2. The van der Waals surface area contributed by atoms with E-state index in [0.717, 1.165) is 32.0 Å². The van der Waals surface area contributed by atoms with E-state index in [1.54, 1.807) is 12.2 Å². The third-order valence-corrected chi connectivity index (χ3v) is 5.70. The molecule has 2 aromatic carbocycles. The van der Waals surface area contributed by atoms with E-state index in [0.29, 0.717) is 11.1 Å². The zero-order valence-electron chi connectivity index (χ0n) is 20.1.